The Balaban J connectivity index is 1.64. The van der Waals surface area contributed by atoms with E-state index in [1.807, 2.05) is 11.8 Å². The standard InChI is InChI=1S/C16H22BrNOS/c1-12(14-4-2-3-5-15(14)17)18-13-6-8-19-16(10-13)7-9-20-11-16/h2-5,12-13,18H,6-11H2,1H3/t12-,13?,16?/m1/s1. The van der Waals surface area contributed by atoms with Crippen LogP contribution < -0.4 is 5.32 Å². The molecule has 3 atom stereocenters. The first-order valence-electron chi connectivity index (χ1n) is 7.41. The van der Waals surface area contributed by atoms with E-state index < -0.39 is 0 Å². The SMILES string of the molecule is C[C@@H](NC1CCOC2(CCSC2)C1)c1ccccc1Br. The summed E-state index contributed by atoms with van der Waals surface area (Å²) in [6.45, 7) is 3.16. The van der Waals surface area contributed by atoms with Crippen LogP contribution in [0.4, 0.5) is 0 Å². The molecule has 1 spiro atoms. The first kappa shape index (κ1) is 14.9. The molecule has 1 aromatic rings. The summed E-state index contributed by atoms with van der Waals surface area (Å²) in [6.07, 6.45) is 3.51. The Kier molecular flexibility index (Phi) is 4.75. The van der Waals surface area contributed by atoms with Gasteiger partial charge in [0, 0.05) is 28.9 Å². The molecule has 0 radical (unpaired) electrons. The fourth-order valence-corrected chi connectivity index (χ4v) is 5.31. The van der Waals surface area contributed by atoms with E-state index in [2.05, 4.69) is 52.4 Å². The van der Waals surface area contributed by atoms with Gasteiger partial charge in [-0.2, -0.15) is 11.8 Å². The molecule has 1 aromatic carbocycles. The van der Waals surface area contributed by atoms with E-state index in [4.69, 9.17) is 4.74 Å². The Labute approximate surface area is 134 Å². The summed E-state index contributed by atoms with van der Waals surface area (Å²) in [5.41, 5.74) is 1.50. The second-order valence-electron chi connectivity index (χ2n) is 5.93. The highest BCUT2D eigenvalue weighted by molar-refractivity contribution is 9.10. The molecule has 110 valence electrons. The number of rotatable bonds is 3. The predicted molar refractivity (Wildman–Crippen MR) is 89.3 cm³/mol. The number of ether oxygens (including phenoxy) is 1. The number of benzene rings is 1. The molecule has 2 unspecified atom stereocenters. The lowest BCUT2D eigenvalue weighted by Crippen LogP contribution is -2.47. The monoisotopic (exact) mass is 355 g/mol. The average molecular weight is 356 g/mol. The summed E-state index contributed by atoms with van der Waals surface area (Å²) in [7, 11) is 0. The maximum Gasteiger partial charge on any atom is 0.0795 e. The molecule has 20 heavy (non-hydrogen) atoms. The van der Waals surface area contributed by atoms with Crippen LogP contribution >= 0.6 is 27.7 Å². The largest absolute Gasteiger partial charge is 0.374 e. The fourth-order valence-electron chi connectivity index (χ4n) is 3.30. The van der Waals surface area contributed by atoms with Crippen LogP contribution in [0.1, 0.15) is 37.8 Å². The van der Waals surface area contributed by atoms with E-state index in [0.29, 0.717) is 12.1 Å². The molecule has 0 aliphatic carbocycles. The summed E-state index contributed by atoms with van der Waals surface area (Å²) in [5.74, 6) is 2.43. The molecule has 0 amide bonds. The first-order valence-corrected chi connectivity index (χ1v) is 9.35. The lowest BCUT2D eigenvalue weighted by atomic mass is 9.89. The molecule has 3 rings (SSSR count). The van der Waals surface area contributed by atoms with Crippen molar-refractivity contribution >= 4 is 27.7 Å². The van der Waals surface area contributed by atoms with Gasteiger partial charge in [0.2, 0.25) is 0 Å². The van der Waals surface area contributed by atoms with E-state index in [9.17, 15) is 0 Å². The molecule has 0 saturated carbocycles. The second kappa shape index (κ2) is 6.39. The van der Waals surface area contributed by atoms with Crippen molar-refractivity contribution in [1.29, 1.82) is 0 Å². The quantitative estimate of drug-likeness (QED) is 0.879. The molecule has 0 bridgehead atoms. The number of hydrogen-bond acceptors (Lipinski definition) is 3. The van der Waals surface area contributed by atoms with Crippen molar-refractivity contribution in [3.8, 4) is 0 Å². The third-order valence-electron chi connectivity index (χ3n) is 4.42. The van der Waals surface area contributed by atoms with E-state index >= 15 is 0 Å². The van der Waals surface area contributed by atoms with Gasteiger partial charge in [-0.1, -0.05) is 34.1 Å². The topological polar surface area (TPSA) is 21.3 Å². The Morgan fingerprint density at radius 3 is 3.05 bits per heavy atom. The highest BCUT2D eigenvalue weighted by atomic mass is 79.9. The lowest BCUT2D eigenvalue weighted by Gasteiger charge is -2.39. The molecule has 2 saturated heterocycles. The number of thioether (sulfide) groups is 1. The van der Waals surface area contributed by atoms with Gasteiger partial charge < -0.3 is 10.1 Å². The Hall–Kier alpha value is -0.0300. The highest BCUT2D eigenvalue weighted by Crippen LogP contribution is 2.38. The predicted octanol–water partition coefficient (Wildman–Crippen LogP) is 4.15. The van der Waals surface area contributed by atoms with Gasteiger partial charge >= 0.3 is 0 Å². The minimum Gasteiger partial charge on any atom is -0.374 e. The molecule has 2 heterocycles. The molecule has 0 aromatic heterocycles. The van der Waals surface area contributed by atoms with Gasteiger partial charge in [-0.3, -0.25) is 0 Å². The normalized spacial score (nSPS) is 31.6. The molecule has 2 aliphatic rings. The lowest BCUT2D eigenvalue weighted by molar-refractivity contribution is -0.0712. The summed E-state index contributed by atoms with van der Waals surface area (Å²) in [6, 6.07) is 9.44. The van der Waals surface area contributed by atoms with Crippen molar-refractivity contribution < 1.29 is 4.74 Å². The third-order valence-corrected chi connectivity index (χ3v) is 6.36. The Morgan fingerprint density at radius 1 is 1.45 bits per heavy atom. The number of hydrogen-bond donors (Lipinski definition) is 1. The van der Waals surface area contributed by atoms with Gasteiger partial charge in [-0.05, 0) is 43.6 Å². The summed E-state index contributed by atoms with van der Waals surface area (Å²) >= 11 is 5.69. The van der Waals surface area contributed by atoms with Crippen LogP contribution in [0.5, 0.6) is 0 Å². The highest BCUT2D eigenvalue weighted by Gasteiger charge is 2.40. The van der Waals surface area contributed by atoms with Crippen LogP contribution in [0.15, 0.2) is 28.7 Å². The zero-order chi connectivity index (χ0) is 14.0. The minimum absolute atomic E-state index is 0.161. The van der Waals surface area contributed by atoms with E-state index in [1.165, 1.54) is 28.0 Å². The molecule has 2 nitrogen and oxygen atoms in total. The molecule has 2 aliphatic heterocycles. The van der Waals surface area contributed by atoms with Crippen molar-refractivity contribution in [3.63, 3.8) is 0 Å². The van der Waals surface area contributed by atoms with Crippen LogP contribution in [0, 0.1) is 0 Å². The summed E-state index contributed by atoms with van der Waals surface area (Å²) < 4.78 is 7.29. The van der Waals surface area contributed by atoms with Crippen molar-refractivity contribution in [1.82, 2.24) is 5.32 Å². The maximum absolute atomic E-state index is 6.10. The molecular formula is C16H22BrNOS. The smallest absolute Gasteiger partial charge is 0.0795 e. The van der Waals surface area contributed by atoms with Crippen molar-refractivity contribution in [2.75, 3.05) is 18.1 Å². The van der Waals surface area contributed by atoms with Crippen LogP contribution in [0.25, 0.3) is 0 Å². The van der Waals surface area contributed by atoms with Crippen molar-refractivity contribution in [2.45, 2.75) is 43.9 Å². The third kappa shape index (κ3) is 3.24. The fraction of sp³-hybridized carbons (Fsp3) is 0.625. The van der Waals surface area contributed by atoms with Gasteiger partial charge in [-0.25, -0.2) is 0 Å². The Morgan fingerprint density at radius 2 is 2.30 bits per heavy atom. The van der Waals surface area contributed by atoms with Crippen molar-refractivity contribution in [3.05, 3.63) is 34.3 Å². The summed E-state index contributed by atoms with van der Waals surface area (Å²) in [5, 5.41) is 3.81. The Bertz CT molecular complexity index is 462. The van der Waals surface area contributed by atoms with Crippen LogP contribution in [-0.4, -0.2) is 29.8 Å². The number of nitrogens with one attached hydrogen (secondary N) is 1. The van der Waals surface area contributed by atoms with Gasteiger partial charge in [0.15, 0.2) is 0 Å². The van der Waals surface area contributed by atoms with Gasteiger partial charge in [0.25, 0.3) is 0 Å². The summed E-state index contributed by atoms with van der Waals surface area (Å²) in [4.78, 5) is 0. The first-order chi connectivity index (χ1) is 9.69. The van der Waals surface area contributed by atoms with Crippen molar-refractivity contribution in [2.24, 2.45) is 0 Å². The van der Waals surface area contributed by atoms with Gasteiger partial charge in [0.1, 0.15) is 0 Å². The van der Waals surface area contributed by atoms with Crippen LogP contribution in [-0.2, 0) is 4.74 Å². The van der Waals surface area contributed by atoms with Crippen LogP contribution in [0.3, 0.4) is 0 Å². The minimum atomic E-state index is 0.161. The zero-order valence-electron chi connectivity index (χ0n) is 11.9. The molecule has 2 fully saturated rings. The van der Waals surface area contributed by atoms with Gasteiger partial charge in [0.05, 0.1) is 5.60 Å². The molecule has 4 heteroatoms. The van der Waals surface area contributed by atoms with E-state index in [0.717, 1.165) is 19.4 Å². The maximum atomic E-state index is 6.10. The van der Waals surface area contributed by atoms with E-state index in [-0.39, 0.29) is 5.60 Å². The molecular weight excluding hydrogens is 334 g/mol. The molecule has 1 N–H and O–H groups in total. The number of halogens is 1. The van der Waals surface area contributed by atoms with E-state index in [1.54, 1.807) is 0 Å². The second-order valence-corrected chi connectivity index (χ2v) is 7.89. The average Bonchev–Trinajstić information content (AvgIpc) is 2.87. The van der Waals surface area contributed by atoms with Crippen LogP contribution in [0.2, 0.25) is 0 Å². The van der Waals surface area contributed by atoms with Gasteiger partial charge in [-0.15, -0.1) is 0 Å². The zero-order valence-corrected chi connectivity index (χ0v) is 14.3.